The Morgan fingerprint density at radius 1 is 0.864 bits per heavy atom. The highest BCUT2D eigenvalue weighted by molar-refractivity contribution is 5.93. The maximum absolute atomic E-state index is 2.38. The quantitative estimate of drug-likeness (QED) is 0.566. The van der Waals surface area contributed by atoms with E-state index in [1.165, 1.54) is 27.8 Å². The third kappa shape index (κ3) is 2.54. The van der Waals surface area contributed by atoms with Crippen molar-refractivity contribution in [1.29, 1.82) is 0 Å². The van der Waals surface area contributed by atoms with Crippen molar-refractivity contribution in [3.05, 3.63) is 82.4 Å². The molecule has 0 saturated heterocycles. The Morgan fingerprint density at radius 3 is 2.18 bits per heavy atom. The van der Waals surface area contributed by atoms with Crippen molar-refractivity contribution in [3.63, 3.8) is 0 Å². The molecule has 1 aliphatic carbocycles. The lowest BCUT2D eigenvalue weighted by atomic mass is 9.82. The van der Waals surface area contributed by atoms with Crippen LogP contribution in [0.25, 0.3) is 11.6 Å². The van der Waals surface area contributed by atoms with E-state index in [1.54, 1.807) is 5.57 Å². The monoisotopic (exact) mass is 288 g/mol. The second-order valence-electron chi connectivity index (χ2n) is 6.02. The van der Waals surface area contributed by atoms with E-state index in [1.807, 2.05) is 0 Å². The van der Waals surface area contributed by atoms with Crippen LogP contribution in [0.5, 0.6) is 0 Å². The van der Waals surface area contributed by atoms with E-state index in [9.17, 15) is 0 Å². The van der Waals surface area contributed by atoms with Gasteiger partial charge in [0.1, 0.15) is 0 Å². The van der Waals surface area contributed by atoms with E-state index < -0.39 is 0 Å². The first kappa shape index (κ1) is 14.8. The topological polar surface area (TPSA) is 0 Å². The minimum atomic E-state index is 0.411. The van der Waals surface area contributed by atoms with Crippen LogP contribution in [0.15, 0.2) is 65.7 Å². The normalized spacial score (nSPS) is 16.1. The summed E-state index contributed by atoms with van der Waals surface area (Å²) in [6, 6.07) is 19.7. The standard InChI is InChI=1S/C22H24/c1-4-17(5-2)16(3)22-20-14-10-9-13-19(20)15-21(22)18-11-7-6-8-12-18/h6-15,22H,4-5H2,1-3H3. The van der Waals surface area contributed by atoms with Gasteiger partial charge in [-0.3, -0.25) is 0 Å². The van der Waals surface area contributed by atoms with Crippen LogP contribution in [0.2, 0.25) is 0 Å². The molecule has 1 aliphatic rings. The Labute approximate surface area is 134 Å². The maximum Gasteiger partial charge on any atom is 0.0310 e. The molecule has 0 radical (unpaired) electrons. The van der Waals surface area contributed by atoms with Crippen molar-refractivity contribution in [1.82, 2.24) is 0 Å². The Bertz CT molecular complexity index is 711. The van der Waals surface area contributed by atoms with Gasteiger partial charge in [-0.1, -0.05) is 79.6 Å². The van der Waals surface area contributed by atoms with Gasteiger partial charge >= 0.3 is 0 Å². The molecule has 1 atom stereocenters. The summed E-state index contributed by atoms with van der Waals surface area (Å²) in [6.07, 6.45) is 4.66. The first-order chi connectivity index (χ1) is 10.8. The minimum absolute atomic E-state index is 0.411. The zero-order valence-corrected chi connectivity index (χ0v) is 13.8. The third-order valence-corrected chi connectivity index (χ3v) is 4.88. The largest absolute Gasteiger partial charge is 0.0709 e. The molecule has 0 aromatic heterocycles. The van der Waals surface area contributed by atoms with Crippen LogP contribution in [-0.4, -0.2) is 0 Å². The molecule has 2 aromatic carbocycles. The summed E-state index contributed by atoms with van der Waals surface area (Å²) in [5, 5.41) is 0. The summed E-state index contributed by atoms with van der Waals surface area (Å²) in [5.74, 6) is 0.411. The Kier molecular flexibility index (Phi) is 4.29. The first-order valence-electron chi connectivity index (χ1n) is 8.30. The van der Waals surface area contributed by atoms with Gasteiger partial charge in [0.25, 0.3) is 0 Å². The smallest absolute Gasteiger partial charge is 0.0310 e. The number of fused-ring (bicyclic) bond motifs is 1. The van der Waals surface area contributed by atoms with E-state index in [4.69, 9.17) is 0 Å². The highest BCUT2D eigenvalue weighted by Gasteiger charge is 2.28. The number of hydrogen-bond donors (Lipinski definition) is 0. The van der Waals surface area contributed by atoms with Crippen molar-refractivity contribution < 1.29 is 0 Å². The van der Waals surface area contributed by atoms with Crippen LogP contribution in [0.4, 0.5) is 0 Å². The summed E-state index contributed by atoms with van der Waals surface area (Å²) < 4.78 is 0. The minimum Gasteiger partial charge on any atom is -0.0709 e. The molecule has 0 amide bonds. The van der Waals surface area contributed by atoms with Gasteiger partial charge < -0.3 is 0 Å². The molecule has 0 heterocycles. The fourth-order valence-electron chi connectivity index (χ4n) is 3.68. The van der Waals surface area contributed by atoms with E-state index in [-0.39, 0.29) is 0 Å². The lowest BCUT2D eigenvalue weighted by Gasteiger charge is -2.21. The van der Waals surface area contributed by atoms with Gasteiger partial charge in [-0.2, -0.15) is 0 Å². The molecule has 0 heteroatoms. The van der Waals surface area contributed by atoms with Gasteiger partial charge in [-0.05, 0) is 48.1 Å². The average molecular weight is 288 g/mol. The summed E-state index contributed by atoms with van der Waals surface area (Å²) in [4.78, 5) is 0. The zero-order valence-electron chi connectivity index (χ0n) is 13.8. The molecule has 0 nitrogen and oxygen atoms in total. The average Bonchev–Trinajstić information content (AvgIpc) is 2.96. The van der Waals surface area contributed by atoms with Crippen LogP contribution >= 0.6 is 0 Å². The van der Waals surface area contributed by atoms with Crippen LogP contribution in [0.1, 0.15) is 56.2 Å². The van der Waals surface area contributed by atoms with E-state index in [0.29, 0.717) is 5.92 Å². The summed E-state index contributed by atoms with van der Waals surface area (Å²) >= 11 is 0. The molecule has 0 saturated carbocycles. The van der Waals surface area contributed by atoms with Crippen LogP contribution in [-0.2, 0) is 0 Å². The van der Waals surface area contributed by atoms with Crippen LogP contribution in [0.3, 0.4) is 0 Å². The molecule has 0 fully saturated rings. The van der Waals surface area contributed by atoms with Gasteiger partial charge in [0.05, 0.1) is 0 Å². The lowest BCUT2D eigenvalue weighted by molar-refractivity contribution is 0.892. The number of allylic oxidation sites excluding steroid dienone is 3. The first-order valence-corrected chi connectivity index (χ1v) is 8.30. The van der Waals surface area contributed by atoms with E-state index >= 15 is 0 Å². The number of rotatable bonds is 4. The highest BCUT2D eigenvalue weighted by atomic mass is 14.3. The molecular weight excluding hydrogens is 264 g/mol. The predicted octanol–water partition coefficient (Wildman–Crippen LogP) is 6.46. The molecule has 0 bridgehead atoms. The highest BCUT2D eigenvalue weighted by Crippen LogP contribution is 2.47. The Hall–Kier alpha value is -2.08. The Morgan fingerprint density at radius 2 is 1.50 bits per heavy atom. The molecule has 0 N–H and O–H groups in total. The molecule has 0 spiro atoms. The van der Waals surface area contributed by atoms with Crippen LogP contribution < -0.4 is 0 Å². The van der Waals surface area contributed by atoms with Gasteiger partial charge in [-0.25, -0.2) is 0 Å². The zero-order chi connectivity index (χ0) is 15.5. The number of hydrogen-bond acceptors (Lipinski definition) is 0. The predicted molar refractivity (Wildman–Crippen MR) is 96.8 cm³/mol. The summed E-state index contributed by atoms with van der Waals surface area (Å²) in [6.45, 7) is 6.87. The van der Waals surface area contributed by atoms with Gasteiger partial charge in [0, 0.05) is 5.92 Å². The SMILES string of the molecule is CCC(CC)=C(C)C1C(c2ccccc2)=Cc2ccccc21. The van der Waals surface area contributed by atoms with Gasteiger partial charge in [-0.15, -0.1) is 0 Å². The Balaban J connectivity index is 2.16. The summed E-state index contributed by atoms with van der Waals surface area (Å²) in [7, 11) is 0. The molecule has 22 heavy (non-hydrogen) atoms. The molecule has 0 aliphatic heterocycles. The van der Waals surface area contributed by atoms with Crippen molar-refractivity contribution in [2.75, 3.05) is 0 Å². The second-order valence-corrected chi connectivity index (χ2v) is 6.02. The van der Waals surface area contributed by atoms with Crippen molar-refractivity contribution in [3.8, 4) is 0 Å². The molecule has 112 valence electrons. The van der Waals surface area contributed by atoms with Crippen molar-refractivity contribution in [2.24, 2.45) is 0 Å². The molecule has 2 aromatic rings. The second kappa shape index (κ2) is 6.36. The van der Waals surface area contributed by atoms with E-state index in [0.717, 1.165) is 12.8 Å². The molecule has 1 unspecified atom stereocenters. The summed E-state index contributed by atoms with van der Waals surface area (Å²) in [5.41, 5.74) is 8.73. The van der Waals surface area contributed by atoms with Gasteiger partial charge in [0.2, 0.25) is 0 Å². The van der Waals surface area contributed by atoms with Gasteiger partial charge in [0.15, 0.2) is 0 Å². The fourth-order valence-corrected chi connectivity index (χ4v) is 3.68. The third-order valence-electron chi connectivity index (χ3n) is 4.88. The van der Waals surface area contributed by atoms with Crippen molar-refractivity contribution in [2.45, 2.75) is 39.5 Å². The molecular formula is C22H24. The fraction of sp³-hybridized carbons (Fsp3) is 0.273. The van der Waals surface area contributed by atoms with Crippen molar-refractivity contribution >= 4 is 11.6 Å². The molecule has 3 rings (SSSR count). The van der Waals surface area contributed by atoms with Crippen LogP contribution in [0, 0.1) is 0 Å². The maximum atomic E-state index is 2.38. The lowest BCUT2D eigenvalue weighted by Crippen LogP contribution is -2.03. The van der Waals surface area contributed by atoms with E-state index in [2.05, 4.69) is 81.4 Å². The number of benzene rings is 2.